The van der Waals surface area contributed by atoms with Gasteiger partial charge in [-0.25, -0.2) is 9.67 Å². The maximum absolute atomic E-state index is 10.9. The number of aromatic nitrogens is 3. The van der Waals surface area contributed by atoms with Crippen LogP contribution in [0.3, 0.4) is 0 Å². The van der Waals surface area contributed by atoms with Crippen LogP contribution in [0.15, 0.2) is 30.5 Å². The second-order valence-electron chi connectivity index (χ2n) is 3.20. The number of hydrogen-bond donors (Lipinski definition) is 2. The third-order valence-electron chi connectivity index (χ3n) is 2.08. The number of nitrogens with two attached hydrogens (primary N) is 2. The average molecular weight is 217 g/mol. The first kappa shape index (κ1) is 10.3. The maximum atomic E-state index is 10.9. The highest BCUT2D eigenvalue weighted by molar-refractivity contribution is 5.90. The third-order valence-corrected chi connectivity index (χ3v) is 2.08. The molecule has 82 valence electrons. The van der Waals surface area contributed by atoms with Crippen LogP contribution in [0, 0.1) is 0 Å². The van der Waals surface area contributed by atoms with Crippen molar-refractivity contribution in [3.63, 3.8) is 0 Å². The lowest BCUT2D eigenvalue weighted by molar-refractivity contribution is 0.0995. The van der Waals surface area contributed by atoms with E-state index in [1.807, 2.05) is 12.1 Å². The second kappa shape index (κ2) is 4.11. The minimum atomic E-state index is -0.561. The summed E-state index contributed by atoms with van der Waals surface area (Å²) < 4.78 is 1.49. The zero-order valence-corrected chi connectivity index (χ0v) is 8.50. The molecule has 2 aromatic heterocycles. The summed E-state index contributed by atoms with van der Waals surface area (Å²) in [6, 6.07) is 6.97. The van der Waals surface area contributed by atoms with Crippen molar-refractivity contribution in [3.05, 3.63) is 41.9 Å². The van der Waals surface area contributed by atoms with Gasteiger partial charge in [-0.1, -0.05) is 6.07 Å². The molecule has 0 saturated heterocycles. The van der Waals surface area contributed by atoms with Crippen LogP contribution in [-0.4, -0.2) is 20.7 Å². The molecule has 0 spiro atoms. The van der Waals surface area contributed by atoms with Crippen molar-refractivity contribution < 1.29 is 4.79 Å². The molecule has 4 N–H and O–H groups in total. The van der Waals surface area contributed by atoms with Crippen LogP contribution < -0.4 is 11.5 Å². The molecule has 0 fully saturated rings. The van der Waals surface area contributed by atoms with E-state index in [0.29, 0.717) is 12.4 Å². The minimum absolute atomic E-state index is 0.208. The lowest BCUT2D eigenvalue weighted by atomic mass is 10.3. The van der Waals surface area contributed by atoms with Crippen molar-refractivity contribution in [1.29, 1.82) is 0 Å². The van der Waals surface area contributed by atoms with E-state index >= 15 is 0 Å². The summed E-state index contributed by atoms with van der Waals surface area (Å²) >= 11 is 0. The Bertz CT molecular complexity index is 519. The molecular formula is C10H11N5O. The number of amides is 1. The first-order chi connectivity index (χ1) is 7.70. The largest absolute Gasteiger partial charge is 0.364 e. The molecule has 2 heterocycles. The highest BCUT2D eigenvalue weighted by atomic mass is 16.1. The highest BCUT2D eigenvalue weighted by Gasteiger charge is 2.06. The van der Waals surface area contributed by atoms with Gasteiger partial charge in [0.25, 0.3) is 5.91 Å². The molecule has 1 amide bonds. The molecule has 0 saturated carbocycles. The van der Waals surface area contributed by atoms with Crippen molar-refractivity contribution in [2.24, 2.45) is 11.5 Å². The van der Waals surface area contributed by atoms with E-state index < -0.39 is 5.91 Å². The van der Waals surface area contributed by atoms with Gasteiger partial charge in [0.05, 0.1) is 5.69 Å². The fourth-order valence-electron chi connectivity index (χ4n) is 1.29. The molecule has 2 rings (SSSR count). The topological polar surface area (TPSA) is 99.8 Å². The number of carbonyl (C=O) groups excluding carboxylic acids is 1. The van der Waals surface area contributed by atoms with Crippen LogP contribution in [0.5, 0.6) is 0 Å². The molecule has 0 aliphatic rings. The van der Waals surface area contributed by atoms with Gasteiger partial charge in [0.2, 0.25) is 0 Å². The molecule has 0 atom stereocenters. The molecule has 0 radical (unpaired) electrons. The summed E-state index contributed by atoms with van der Waals surface area (Å²) in [4.78, 5) is 15.1. The van der Waals surface area contributed by atoms with Gasteiger partial charge in [0, 0.05) is 12.7 Å². The van der Waals surface area contributed by atoms with Gasteiger partial charge in [-0.3, -0.25) is 4.79 Å². The highest BCUT2D eigenvalue weighted by Crippen LogP contribution is 2.05. The maximum Gasteiger partial charge on any atom is 0.269 e. The van der Waals surface area contributed by atoms with Crippen molar-refractivity contribution >= 4 is 5.91 Å². The van der Waals surface area contributed by atoms with E-state index in [-0.39, 0.29) is 5.69 Å². The van der Waals surface area contributed by atoms with Gasteiger partial charge in [-0.15, -0.1) is 0 Å². The number of rotatable bonds is 3. The van der Waals surface area contributed by atoms with Crippen LogP contribution in [0.4, 0.5) is 0 Å². The molecular weight excluding hydrogens is 206 g/mol. The van der Waals surface area contributed by atoms with E-state index in [9.17, 15) is 4.79 Å². The van der Waals surface area contributed by atoms with Crippen LogP contribution >= 0.6 is 0 Å². The first-order valence-electron chi connectivity index (χ1n) is 4.72. The smallest absolute Gasteiger partial charge is 0.269 e. The zero-order chi connectivity index (χ0) is 11.5. The summed E-state index contributed by atoms with van der Waals surface area (Å²) in [7, 11) is 0. The third kappa shape index (κ3) is 1.91. The average Bonchev–Trinajstić information content (AvgIpc) is 2.78. The molecule has 0 unspecified atom stereocenters. The summed E-state index contributed by atoms with van der Waals surface area (Å²) in [5.74, 6) is 0.0455. The van der Waals surface area contributed by atoms with Crippen LogP contribution in [0.25, 0.3) is 5.82 Å². The standard InChI is InChI=1S/C10H11N5O/c11-6-7-2-1-3-9(13-7)15-5-4-8(14-15)10(12)16/h1-5H,6,11H2,(H2,12,16). The lowest BCUT2D eigenvalue weighted by Gasteiger charge is -2.01. The van der Waals surface area contributed by atoms with Gasteiger partial charge in [0.1, 0.15) is 5.69 Å². The number of primary amides is 1. The number of pyridine rings is 1. The Hall–Kier alpha value is -2.21. The van der Waals surface area contributed by atoms with Crippen molar-refractivity contribution in [2.75, 3.05) is 0 Å². The molecule has 0 aromatic carbocycles. The van der Waals surface area contributed by atoms with E-state index in [0.717, 1.165) is 5.69 Å². The predicted octanol–water partition coefficient (Wildman–Crippen LogP) is -0.175. The van der Waals surface area contributed by atoms with Crippen LogP contribution in [0.2, 0.25) is 0 Å². The van der Waals surface area contributed by atoms with E-state index in [4.69, 9.17) is 11.5 Å². The van der Waals surface area contributed by atoms with Gasteiger partial charge < -0.3 is 11.5 Å². The Labute approximate surface area is 91.9 Å². The zero-order valence-electron chi connectivity index (χ0n) is 8.50. The Morgan fingerprint density at radius 3 is 2.81 bits per heavy atom. The minimum Gasteiger partial charge on any atom is -0.364 e. The van der Waals surface area contributed by atoms with Gasteiger partial charge >= 0.3 is 0 Å². The van der Waals surface area contributed by atoms with Crippen LogP contribution in [-0.2, 0) is 6.54 Å². The SMILES string of the molecule is NCc1cccc(-n2ccc(C(N)=O)n2)n1. The molecule has 0 aliphatic heterocycles. The Kier molecular flexibility index (Phi) is 2.65. The summed E-state index contributed by atoms with van der Waals surface area (Å²) in [5.41, 5.74) is 11.6. The number of carbonyl (C=O) groups is 1. The van der Waals surface area contributed by atoms with Crippen molar-refractivity contribution in [1.82, 2.24) is 14.8 Å². The van der Waals surface area contributed by atoms with Crippen molar-refractivity contribution in [3.8, 4) is 5.82 Å². The fourth-order valence-corrected chi connectivity index (χ4v) is 1.29. The lowest BCUT2D eigenvalue weighted by Crippen LogP contribution is -2.12. The normalized spacial score (nSPS) is 10.3. The van der Waals surface area contributed by atoms with Crippen molar-refractivity contribution in [2.45, 2.75) is 6.54 Å². The Balaban J connectivity index is 2.38. The number of nitrogens with zero attached hydrogens (tertiary/aromatic N) is 3. The predicted molar refractivity (Wildman–Crippen MR) is 57.8 cm³/mol. The molecule has 16 heavy (non-hydrogen) atoms. The molecule has 0 aliphatic carbocycles. The fraction of sp³-hybridized carbons (Fsp3) is 0.100. The molecule has 2 aromatic rings. The van der Waals surface area contributed by atoms with Gasteiger partial charge in [-0.2, -0.15) is 5.10 Å². The summed E-state index contributed by atoms with van der Waals surface area (Å²) in [5, 5.41) is 3.99. The quantitative estimate of drug-likeness (QED) is 0.745. The second-order valence-corrected chi connectivity index (χ2v) is 3.20. The summed E-state index contributed by atoms with van der Waals surface area (Å²) in [6.45, 7) is 0.359. The van der Waals surface area contributed by atoms with Gasteiger partial charge in [-0.05, 0) is 18.2 Å². The van der Waals surface area contributed by atoms with E-state index in [1.165, 1.54) is 4.68 Å². The Morgan fingerprint density at radius 1 is 1.38 bits per heavy atom. The number of hydrogen-bond acceptors (Lipinski definition) is 4. The van der Waals surface area contributed by atoms with E-state index in [2.05, 4.69) is 10.1 Å². The molecule has 0 bridgehead atoms. The first-order valence-corrected chi connectivity index (χ1v) is 4.72. The molecule has 6 nitrogen and oxygen atoms in total. The van der Waals surface area contributed by atoms with Gasteiger partial charge in [0.15, 0.2) is 5.82 Å². The molecule has 6 heteroatoms. The van der Waals surface area contributed by atoms with E-state index in [1.54, 1.807) is 18.3 Å². The summed E-state index contributed by atoms with van der Waals surface area (Å²) in [6.07, 6.45) is 1.63. The monoisotopic (exact) mass is 217 g/mol. The Morgan fingerprint density at radius 2 is 2.19 bits per heavy atom. The van der Waals surface area contributed by atoms with Crippen LogP contribution in [0.1, 0.15) is 16.2 Å².